The molecule has 1 saturated carbocycles. The van der Waals surface area contributed by atoms with Gasteiger partial charge in [-0.3, -0.25) is 4.79 Å². The van der Waals surface area contributed by atoms with Crippen molar-refractivity contribution in [2.24, 2.45) is 11.8 Å². The molecule has 1 aromatic carbocycles. The molecule has 5 nitrogen and oxygen atoms in total. The first-order chi connectivity index (χ1) is 11.0. The van der Waals surface area contributed by atoms with Crippen LogP contribution in [0.15, 0.2) is 30.3 Å². The number of rotatable bonds is 7. The topological polar surface area (TPSA) is 75.3 Å². The zero-order chi connectivity index (χ0) is 16.7. The molecule has 0 atom stereocenters. The summed E-state index contributed by atoms with van der Waals surface area (Å²) < 4.78 is 26.4. The number of carbonyl (C=O) groups excluding carboxylic acids is 1. The Kier molecular flexibility index (Phi) is 6.59. The second-order valence-electron chi connectivity index (χ2n) is 6.37. The lowest BCUT2D eigenvalue weighted by molar-refractivity contribution is -0.126. The van der Waals surface area contributed by atoms with E-state index in [2.05, 4.69) is 17.0 Å². The predicted octanol–water partition coefficient (Wildman–Crippen LogP) is 2.05. The molecule has 1 aromatic rings. The molecule has 128 valence electrons. The Balaban J connectivity index is 1.69. The van der Waals surface area contributed by atoms with Gasteiger partial charge in [-0.2, -0.15) is 0 Å². The first-order valence-electron chi connectivity index (χ1n) is 8.25. The van der Waals surface area contributed by atoms with Crippen LogP contribution in [0, 0.1) is 11.8 Å². The van der Waals surface area contributed by atoms with Gasteiger partial charge in [0, 0.05) is 19.0 Å². The van der Waals surface area contributed by atoms with Crippen LogP contribution in [0.5, 0.6) is 0 Å². The Morgan fingerprint density at radius 1 is 1.13 bits per heavy atom. The van der Waals surface area contributed by atoms with E-state index in [-0.39, 0.29) is 30.7 Å². The van der Waals surface area contributed by atoms with Crippen molar-refractivity contribution in [1.82, 2.24) is 10.0 Å². The van der Waals surface area contributed by atoms with Gasteiger partial charge in [-0.1, -0.05) is 37.3 Å². The summed E-state index contributed by atoms with van der Waals surface area (Å²) in [5, 5.41) is 2.76. The van der Waals surface area contributed by atoms with Gasteiger partial charge in [0.05, 0.1) is 5.75 Å². The van der Waals surface area contributed by atoms with Crippen molar-refractivity contribution >= 4 is 15.9 Å². The van der Waals surface area contributed by atoms with Gasteiger partial charge in [-0.15, -0.1) is 0 Å². The molecular weight excluding hydrogens is 312 g/mol. The molecular formula is C17H26N2O3S. The summed E-state index contributed by atoms with van der Waals surface area (Å²) in [5.41, 5.74) is 0.913. The van der Waals surface area contributed by atoms with Gasteiger partial charge in [0.2, 0.25) is 15.9 Å². The van der Waals surface area contributed by atoms with Crippen LogP contribution >= 0.6 is 0 Å². The molecule has 0 aliphatic heterocycles. The van der Waals surface area contributed by atoms with Crippen molar-refractivity contribution in [2.45, 2.75) is 39.2 Å². The normalized spacial score (nSPS) is 21.8. The van der Waals surface area contributed by atoms with Gasteiger partial charge in [-0.05, 0) is 37.2 Å². The van der Waals surface area contributed by atoms with Gasteiger partial charge < -0.3 is 5.32 Å². The summed E-state index contributed by atoms with van der Waals surface area (Å²) in [5.74, 6) is 0.650. The van der Waals surface area contributed by atoms with Crippen LogP contribution in [-0.4, -0.2) is 26.6 Å². The van der Waals surface area contributed by atoms with E-state index < -0.39 is 10.0 Å². The third kappa shape index (κ3) is 6.31. The number of hydrogen-bond donors (Lipinski definition) is 2. The van der Waals surface area contributed by atoms with Gasteiger partial charge >= 0.3 is 0 Å². The molecule has 2 rings (SSSR count). The van der Waals surface area contributed by atoms with E-state index in [1.54, 1.807) is 0 Å². The van der Waals surface area contributed by atoms with Gasteiger partial charge in [0.15, 0.2) is 0 Å². The Bertz CT molecular complexity index is 594. The average Bonchev–Trinajstić information content (AvgIpc) is 2.54. The molecule has 2 N–H and O–H groups in total. The highest BCUT2D eigenvalue weighted by Crippen LogP contribution is 2.28. The van der Waals surface area contributed by atoms with Crippen molar-refractivity contribution in [1.29, 1.82) is 0 Å². The van der Waals surface area contributed by atoms with E-state index >= 15 is 0 Å². The van der Waals surface area contributed by atoms with Crippen LogP contribution in [-0.2, 0) is 21.4 Å². The molecule has 0 saturated heterocycles. The highest BCUT2D eigenvalue weighted by molar-refractivity contribution is 7.89. The number of amides is 1. The largest absolute Gasteiger partial charge is 0.355 e. The minimum atomic E-state index is -3.38. The third-order valence-corrected chi connectivity index (χ3v) is 5.72. The van der Waals surface area contributed by atoms with Crippen molar-refractivity contribution in [3.05, 3.63) is 35.9 Å². The summed E-state index contributed by atoms with van der Waals surface area (Å²) in [6, 6.07) is 9.37. The molecule has 1 amide bonds. The summed E-state index contributed by atoms with van der Waals surface area (Å²) in [4.78, 5) is 12.0. The Hall–Kier alpha value is -1.40. The van der Waals surface area contributed by atoms with Crippen LogP contribution in [0.3, 0.4) is 0 Å². The zero-order valence-electron chi connectivity index (χ0n) is 13.6. The maximum atomic E-state index is 12.0. The molecule has 1 aliphatic carbocycles. The van der Waals surface area contributed by atoms with E-state index in [4.69, 9.17) is 0 Å². The fourth-order valence-corrected chi connectivity index (χ4v) is 3.74. The van der Waals surface area contributed by atoms with E-state index in [1.165, 1.54) is 0 Å². The highest BCUT2D eigenvalue weighted by atomic mass is 32.2. The van der Waals surface area contributed by atoms with Crippen molar-refractivity contribution in [3.8, 4) is 0 Å². The van der Waals surface area contributed by atoms with Crippen molar-refractivity contribution in [3.63, 3.8) is 0 Å². The third-order valence-electron chi connectivity index (χ3n) is 4.40. The Morgan fingerprint density at radius 3 is 2.43 bits per heavy atom. The standard InChI is InChI=1S/C17H26N2O3S/c1-14-7-9-16(10-8-14)17(20)18-11-12-23(21,22)19-13-15-5-3-2-4-6-15/h2-6,14,16,19H,7-13H2,1H3,(H,18,20). The lowest BCUT2D eigenvalue weighted by Crippen LogP contribution is -2.38. The smallest absolute Gasteiger partial charge is 0.223 e. The fraction of sp³-hybridized carbons (Fsp3) is 0.588. The van der Waals surface area contributed by atoms with Crippen LogP contribution in [0.4, 0.5) is 0 Å². The number of hydrogen-bond acceptors (Lipinski definition) is 3. The molecule has 0 heterocycles. The summed E-state index contributed by atoms with van der Waals surface area (Å²) in [6.07, 6.45) is 3.97. The lowest BCUT2D eigenvalue weighted by atomic mass is 9.82. The van der Waals surface area contributed by atoms with E-state index in [0.29, 0.717) is 5.92 Å². The summed E-state index contributed by atoms with van der Waals surface area (Å²) >= 11 is 0. The molecule has 23 heavy (non-hydrogen) atoms. The zero-order valence-corrected chi connectivity index (χ0v) is 14.4. The van der Waals surface area contributed by atoms with Gasteiger partial charge in [0.25, 0.3) is 0 Å². The molecule has 0 unspecified atom stereocenters. The van der Waals surface area contributed by atoms with Gasteiger partial charge in [0.1, 0.15) is 0 Å². The van der Waals surface area contributed by atoms with Crippen LogP contribution in [0.2, 0.25) is 0 Å². The molecule has 1 aliphatic rings. The Labute approximate surface area is 138 Å². The minimum Gasteiger partial charge on any atom is -0.355 e. The van der Waals surface area contributed by atoms with E-state index in [9.17, 15) is 13.2 Å². The number of benzene rings is 1. The quantitative estimate of drug-likeness (QED) is 0.799. The first kappa shape index (κ1) is 17.9. The van der Waals surface area contributed by atoms with Gasteiger partial charge in [-0.25, -0.2) is 13.1 Å². The summed E-state index contributed by atoms with van der Waals surface area (Å²) in [7, 11) is -3.38. The van der Waals surface area contributed by atoms with Crippen LogP contribution in [0.25, 0.3) is 0 Å². The SMILES string of the molecule is CC1CCC(C(=O)NCCS(=O)(=O)NCc2ccccc2)CC1. The van der Waals surface area contributed by atoms with E-state index in [1.807, 2.05) is 30.3 Å². The monoisotopic (exact) mass is 338 g/mol. The first-order valence-corrected chi connectivity index (χ1v) is 9.90. The molecule has 0 bridgehead atoms. The fourth-order valence-electron chi connectivity index (χ4n) is 2.84. The molecule has 0 radical (unpaired) electrons. The second kappa shape index (κ2) is 8.45. The number of carbonyl (C=O) groups is 1. The average molecular weight is 338 g/mol. The van der Waals surface area contributed by atoms with Crippen molar-refractivity contribution < 1.29 is 13.2 Å². The highest BCUT2D eigenvalue weighted by Gasteiger charge is 2.24. The predicted molar refractivity (Wildman–Crippen MR) is 91.2 cm³/mol. The molecule has 0 spiro atoms. The summed E-state index contributed by atoms with van der Waals surface area (Å²) in [6.45, 7) is 2.64. The molecule has 1 fully saturated rings. The maximum Gasteiger partial charge on any atom is 0.223 e. The Morgan fingerprint density at radius 2 is 1.78 bits per heavy atom. The van der Waals surface area contributed by atoms with Crippen LogP contribution in [0.1, 0.15) is 38.2 Å². The molecule has 6 heteroatoms. The number of sulfonamides is 1. The maximum absolute atomic E-state index is 12.0. The van der Waals surface area contributed by atoms with Crippen LogP contribution < -0.4 is 10.0 Å². The minimum absolute atomic E-state index is 0.00448. The second-order valence-corrected chi connectivity index (χ2v) is 8.30. The van der Waals surface area contributed by atoms with Crippen molar-refractivity contribution in [2.75, 3.05) is 12.3 Å². The molecule has 0 aromatic heterocycles. The number of nitrogens with one attached hydrogen (secondary N) is 2. The lowest BCUT2D eigenvalue weighted by Gasteiger charge is -2.25. The van der Waals surface area contributed by atoms with E-state index in [0.717, 1.165) is 31.2 Å².